The second kappa shape index (κ2) is 12.9. The van der Waals surface area contributed by atoms with E-state index in [-0.39, 0.29) is 24.8 Å². The van der Waals surface area contributed by atoms with Gasteiger partial charge in [-0.1, -0.05) is 49.4 Å². The van der Waals surface area contributed by atoms with Crippen LogP contribution in [-0.2, 0) is 32.5 Å². The number of nitrogens with one attached hydrogen (secondary N) is 1. The molecule has 2 aromatic carbocycles. The number of sulfonamides is 1. The van der Waals surface area contributed by atoms with Gasteiger partial charge in [0.2, 0.25) is 21.8 Å². The van der Waals surface area contributed by atoms with Crippen LogP contribution in [0.3, 0.4) is 0 Å². The van der Waals surface area contributed by atoms with Crippen molar-refractivity contribution < 1.29 is 18.0 Å². The van der Waals surface area contributed by atoms with E-state index in [9.17, 15) is 18.0 Å². The van der Waals surface area contributed by atoms with Crippen molar-refractivity contribution in [3.8, 4) is 0 Å². The first-order valence-corrected chi connectivity index (χ1v) is 14.4. The summed E-state index contributed by atoms with van der Waals surface area (Å²) >= 11 is 0. The fraction of sp³-hybridized carbons (Fsp3) is 0.500. The molecule has 0 aliphatic heterocycles. The molecule has 0 aromatic heterocycles. The normalized spacial score (nSPS) is 12.6. The molecule has 36 heavy (non-hydrogen) atoms. The number of carbonyl (C=O) groups is 2. The van der Waals surface area contributed by atoms with Crippen LogP contribution < -0.4 is 9.62 Å². The third-order valence-electron chi connectivity index (χ3n) is 5.93. The van der Waals surface area contributed by atoms with E-state index in [1.165, 1.54) is 10.6 Å². The molecule has 0 aliphatic rings. The van der Waals surface area contributed by atoms with E-state index in [4.69, 9.17) is 0 Å². The first-order valence-electron chi connectivity index (χ1n) is 12.5. The number of hydrogen-bond acceptors (Lipinski definition) is 4. The summed E-state index contributed by atoms with van der Waals surface area (Å²) in [5, 5.41) is 2.96. The Morgan fingerprint density at radius 2 is 1.56 bits per heavy atom. The minimum atomic E-state index is -3.51. The quantitative estimate of drug-likeness (QED) is 0.460. The zero-order chi connectivity index (χ0) is 26.9. The molecule has 0 radical (unpaired) electrons. The van der Waals surface area contributed by atoms with E-state index in [0.29, 0.717) is 25.1 Å². The molecule has 0 aliphatic carbocycles. The van der Waals surface area contributed by atoms with Gasteiger partial charge in [0.1, 0.15) is 6.04 Å². The number of carbonyl (C=O) groups excluding carboxylic acids is 2. The van der Waals surface area contributed by atoms with Crippen LogP contribution in [0.5, 0.6) is 0 Å². The molecule has 0 heterocycles. The maximum atomic E-state index is 13.3. The van der Waals surface area contributed by atoms with Crippen molar-refractivity contribution in [1.82, 2.24) is 10.2 Å². The molecule has 2 amide bonds. The van der Waals surface area contributed by atoms with Crippen molar-refractivity contribution in [1.29, 1.82) is 0 Å². The van der Waals surface area contributed by atoms with Crippen LogP contribution in [0, 0.1) is 0 Å². The van der Waals surface area contributed by atoms with Gasteiger partial charge in [0.25, 0.3) is 0 Å². The number of rotatable bonds is 12. The van der Waals surface area contributed by atoms with Crippen LogP contribution in [0.2, 0.25) is 0 Å². The first-order chi connectivity index (χ1) is 16.8. The average Bonchev–Trinajstić information content (AvgIpc) is 2.80. The summed E-state index contributed by atoms with van der Waals surface area (Å²) in [7, 11) is -3.51. The molecule has 198 valence electrons. The molecule has 2 aromatic rings. The predicted octanol–water partition coefficient (Wildman–Crippen LogP) is 4.17. The summed E-state index contributed by atoms with van der Waals surface area (Å²) in [4.78, 5) is 27.8. The van der Waals surface area contributed by atoms with Gasteiger partial charge in [-0.15, -0.1) is 0 Å². The zero-order valence-corrected chi connectivity index (χ0v) is 23.3. The van der Waals surface area contributed by atoms with Gasteiger partial charge in [-0.2, -0.15) is 0 Å². The summed E-state index contributed by atoms with van der Waals surface area (Å²) in [6.45, 7) is 10.1. The number of benzene rings is 2. The van der Waals surface area contributed by atoms with Gasteiger partial charge in [-0.05, 0) is 70.2 Å². The van der Waals surface area contributed by atoms with Gasteiger partial charge < -0.3 is 10.2 Å². The summed E-state index contributed by atoms with van der Waals surface area (Å²) in [6, 6.07) is 16.6. The first kappa shape index (κ1) is 29.4. The van der Waals surface area contributed by atoms with Crippen molar-refractivity contribution in [2.75, 3.05) is 23.7 Å². The number of nitrogens with zero attached hydrogens (tertiary/aromatic N) is 2. The molecular weight excluding hydrogens is 474 g/mol. The third kappa shape index (κ3) is 9.30. The van der Waals surface area contributed by atoms with Crippen molar-refractivity contribution in [2.45, 2.75) is 71.9 Å². The predicted molar refractivity (Wildman–Crippen MR) is 146 cm³/mol. The minimum Gasteiger partial charge on any atom is -0.350 e. The van der Waals surface area contributed by atoms with E-state index < -0.39 is 21.6 Å². The number of aryl methyl sites for hydroxylation is 1. The second-order valence-electron chi connectivity index (χ2n) is 10.2. The highest BCUT2D eigenvalue weighted by Gasteiger charge is 2.28. The number of anilines is 1. The Bertz CT molecular complexity index is 1090. The fourth-order valence-corrected chi connectivity index (χ4v) is 4.91. The topological polar surface area (TPSA) is 86.8 Å². The van der Waals surface area contributed by atoms with Crippen molar-refractivity contribution in [3.05, 3.63) is 65.7 Å². The van der Waals surface area contributed by atoms with E-state index in [0.717, 1.165) is 17.5 Å². The Kier molecular flexibility index (Phi) is 10.5. The Morgan fingerprint density at radius 1 is 0.944 bits per heavy atom. The molecule has 0 saturated carbocycles. The molecule has 0 fully saturated rings. The zero-order valence-electron chi connectivity index (χ0n) is 22.5. The molecule has 0 spiro atoms. The summed E-state index contributed by atoms with van der Waals surface area (Å²) in [6.07, 6.45) is 3.15. The van der Waals surface area contributed by atoms with Crippen LogP contribution in [0.1, 0.15) is 58.6 Å². The maximum Gasteiger partial charge on any atom is 0.242 e. The van der Waals surface area contributed by atoms with Gasteiger partial charge in [-0.3, -0.25) is 13.9 Å². The molecule has 1 atom stereocenters. The molecule has 7 nitrogen and oxygen atoms in total. The SMILES string of the molecule is CCc1ccc(N(CCCC(=O)N(CCc2ccccc2)C(C)C(=O)NC(C)(C)C)S(C)(=O)=O)cc1. The monoisotopic (exact) mass is 515 g/mol. The number of hydrogen-bond donors (Lipinski definition) is 1. The summed E-state index contributed by atoms with van der Waals surface area (Å²) in [5.74, 6) is -0.380. The highest BCUT2D eigenvalue weighted by Crippen LogP contribution is 2.20. The van der Waals surface area contributed by atoms with E-state index in [1.807, 2.05) is 70.2 Å². The Morgan fingerprint density at radius 3 is 2.08 bits per heavy atom. The lowest BCUT2D eigenvalue weighted by Crippen LogP contribution is -2.53. The van der Waals surface area contributed by atoms with Gasteiger partial charge in [-0.25, -0.2) is 8.42 Å². The van der Waals surface area contributed by atoms with Gasteiger partial charge in [0.15, 0.2) is 0 Å². The Balaban J connectivity index is 2.12. The molecule has 0 saturated heterocycles. The highest BCUT2D eigenvalue weighted by atomic mass is 32.2. The Hall–Kier alpha value is -2.87. The lowest BCUT2D eigenvalue weighted by Gasteiger charge is -2.32. The van der Waals surface area contributed by atoms with Gasteiger partial charge >= 0.3 is 0 Å². The second-order valence-corrected chi connectivity index (χ2v) is 12.1. The summed E-state index contributed by atoms with van der Waals surface area (Å²) < 4.78 is 26.3. The van der Waals surface area contributed by atoms with Crippen LogP contribution in [0.4, 0.5) is 5.69 Å². The molecule has 2 rings (SSSR count). The molecule has 1 unspecified atom stereocenters. The average molecular weight is 516 g/mol. The lowest BCUT2D eigenvalue weighted by atomic mass is 10.1. The van der Waals surface area contributed by atoms with Crippen molar-refractivity contribution in [3.63, 3.8) is 0 Å². The molecule has 1 N–H and O–H groups in total. The van der Waals surface area contributed by atoms with Gasteiger partial charge in [0.05, 0.1) is 11.9 Å². The largest absolute Gasteiger partial charge is 0.350 e. The van der Waals surface area contributed by atoms with E-state index in [2.05, 4.69) is 5.32 Å². The van der Waals surface area contributed by atoms with Crippen molar-refractivity contribution in [2.24, 2.45) is 0 Å². The van der Waals surface area contributed by atoms with E-state index in [1.54, 1.807) is 24.0 Å². The standard InChI is InChI=1S/C28H41N3O4S/c1-7-23-15-17-25(18-16-23)31(36(6,34)35)20-11-14-26(32)30(21-19-24-12-9-8-10-13-24)22(2)27(33)29-28(3,4)5/h8-10,12-13,15-18,22H,7,11,14,19-21H2,1-6H3,(H,29,33). The van der Waals surface area contributed by atoms with Crippen LogP contribution in [0.15, 0.2) is 54.6 Å². The van der Waals surface area contributed by atoms with Crippen molar-refractivity contribution >= 4 is 27.5 Å². The van der Waals surface area contributed by atoms with Crippen LogP contribution in [0.25, 0.3) is 0 Å². The van der Waals surface area contributed by atoms with Crippen LogP contribution in [-0.4, -0.2) is 56.1 Å². The fourth-order valence-electron chi connectivity index (χ4n) is 3.95. The molecular formula is C28H41N3O4S. The molecule has 0 bridgehead atoms. The smallest absolute Gasteiger partial charge is 0.242 e. The Labute approximate surface area is 216 Å². The van der Waals surface area contributed by atoms with E-state index >= 15 is 0 Å². The van der Waals surface area contributed by atoms with Gasteiger partial charge in [0, 0.05) is 25.0 Å². The third-order valence-corrected chi connectivity index (χ3v) is 7.13. The molecule has 8 heteroatoms. The minimum absolute atomic E-state index is 0.140. The maximum absolute atomic E-state index is 13.3. The lowest BCUT2D eigenvalue weighted by molar-refractivity contribution is -0.140. The van der Waals surface area contributed by atoms with Crippen LogP contribution >= 0.6 is 0 Å². The number of amides is 2. The highest BCUT2D eigenvalue weighted by molar-refractivity contribution is 7.92. The summed E-state index contributed by atoms with van der Waals surface area (Å²) in [5.41, 5.74) is 2.38.